The van der Waals surface area contributed by atoms with Gasteiger partial charge >= 0.3 is 5.97 Å². The van der Waals surface area contributed by atoms with Crippen molar-refractivity contribution in [2.75, 3.05) is 0 Å². The van der Waals surface area contributed by atoms with Crippen molar-refractivity contribution < 1.29 is 9.90 Å². The molecular formula is C10H12N2O3. The zero-order valence-corrected chi connectivity index (χ0v) is 8.27. The summed E-state index contributed by atoms with van der Waals surface area (Å²) >= 11 is 0. The fraction of sp³-hybridized carbons (Fsp3) is 0.500. The van der Waals surface area contributed by atoms with Gasteiger partial charge in [0.05, 0.1) is 6.20 Å². The monoisotopic (exact) mass is 208 g/mol. The van der Waals surface area contributed by atoms with Gasteiger partial charge < -0.3 is 5.11 Å². The van der Waals surface area contributed by atoms with Gasteiger partial charge in [-0.15, -0.1) is 0 Å². The van der Waals surface area contributed by atoms with Gasteiger partial charge in [-0.05, 0) is 31.2 Å². The van der Waals surface area contributed by atoms with Crippen LogP contribution in [0.2, 0.25) is 0 Å². The fourth-order valence-corrected chi connectivity index (χ4v) is 1.90. The Morgan fingerprint density at radius 3 is 2.93 bits per heavy atom. The van der Waals surface area contributed by atoms with E-state index in [1.54, 1.807) is 6.20 Å². The SMILES string of the molecule is O=C(O)Cn1ncc2c(c1=O)CCCC2. The molecule has 0 saturated carbocycles. The number of aryl methyl sites for hydroxylation is 1. The topological polar surface area (TPSA) is 72.2 Å². The lowest BCUT2D eigenvalue weighted by atomic mass is 9.94. The van der Waals surface area contributed by atoms with E-state index in [9.17, 15) is 9.59 Å². The zero-order valence-electron chi connectivity index (χ0n) is 8.27. The highest BCUT2D eigenvalue weighted by atomic mass is 16.4. The zero-order chi connectivity index (χ0) is 10.8. The molecule has 0 bridgehead atoms. The summed E-state index contributed by atoms with van der Waals surface area (Å²) in [4.78, 5) is 22.3. The third-order valence-electron chi connectivity index (χ3n) is 2.64. The third-order valence-corrected chi connectivity index (χ3v) is 2.64. The van der Waals surface area contributed by atoms with Crippen molar-refractivity contribution >= 4 is 5.97 Å². The average Bonchev–Trinajstić information content (AvgIpc) is 2.22. The highest BCUT2D eigenvalue weighted by molar-refractivity contribution is 5.66. The van der Waals surface area contributed by atoms with Crippen LogP contribution in [0.3, 0.4) is 0 Å². The second-order valence-electron chi connectivity index (χ2n) is 3.71. The van der Waals surface area contributed by atoms with Crippen molar-refractivity contribution in [1.82, 2.24) is 9.78 Å². The molecule has 5 heteroatoms. The number of carbonyl (C=O) groups is 1. The highest BCUT2D eigenvalue weighted by Crippen LogP contribution is 2.16. The van der Waals surface area contributed by atoms with Gasteiger partial charge in [0.2, 0.25) is 0 Å². The normalized spacial score (nSPS) is 14.7. The summed E-state index contributed by atoms with van der Waals surface area (Å²) in [7, 11) is 0. The number of hydrogen-bond acceptors (Lipinski definition) is 3. The van der Waals surface area contributed by atoms with E-state index < -0.39 is 5.97 Å². The maximum atomic E-state index is 11.8. The fourth-order valence-electron chi connectivity index (χ4n) is 1.90. The van der Waals surface area contributed by atoms with Crippen LogP contribution in [0.1, 0.15) is 24.0 Å². The van der Waals surface area contributed by atoms with E-state index >= 15 is 0 Å². The molecule has 1 aliphatic rings. The Bertz CT molecular complexity index is 450. The van der Waals surface area contributed by atoms with Crippen molar-refractivity contribution in [3.05, 3.63) is 27.7 Å². The van der Waals surface area contributed by atoms with E-state index in [1.807, 2.05) is 0 Å². The molecule has 0 radical (unpaired) electrons. The largest absolute Gasteiger partial charge is 0.480 e. The number of aliphatic carboxylic acids is 1. The summed E-state index contributed by atoms with van der Waals surface area (Å²) in [5.41, 5.74) is 1.49. The molecule has 2 rings (SSSR count). The Balaban J connectivity index is 2.43. The van der Waals surface area contributed by atoms with E-state index in [-0.39, 0.29) is 12.1 Å². The lowest BCUT2D eigenvalue weighted by Crippen LogP contribution is -2.31. The molecule has 0 saturated heterocycles. The Morgan fingerprint density at radius 1 is 1.47 bits per heavy atom. The van der Waals surface area contributed by atoms with Crippen LogP contribution in [0.5, 0.6) is 0 Å². The van der Waals surface area contributed by atoms with Gasteiger partial charge in [-0.3, -0.25) is 9.59 Å². The Morgan fingerprint density at radius 2 is 2.20 bits per heavy atom. The smallest absolute Gasteiger partial charge is 0.325 e. The van der Waals surface area contributed by atoms with E-state index in [0.717, 1.165) is 41.5 Å². The van der Waals surface area contributed by atoms with Crippen molar-refractivity contribution in [3.8, 4) is 0 Å². The number of carboxylic acids is 1. The molecule has 1 N–H and O–H groups in total. The molecule has 0 spiro atoms. The lowest BCUT2D eigenvalue weighted by molar-refractivity contribution is -0.138. The van der Waals surface area contributed by atoms with Gasteiger partial charge in [0, 0.05) is 5.56 Å². The molecule has 0 unspecified atom stereocenters. The van der Waals surface area contributed by atoms with Gasteiger partial charge in [0.1, 0.15) is 6.54 Å². The first kappa shape index (κ1) is 9.89. The van der Waals surface area contributed by atoms with Crippen molar-refractivity contribution in [3.63, 3.8) is 0 Å². The van der Waals surface area contributed by atoms with Gasteiger partial charge in [-0.25, -0.2) is 4.68 Å². The first-order chi connectivity index (χ1) is 7.18. The molecule has 5 nitrogen and oxygen atoms in total. The maximum absolute atomic E-state index is 11.8. The Hall–Kier alpha value is -1.65. The average molecular weight is 208 g/mol. The van der Waals surface area contributed by atoms with Crippen LogP contribution in [0.15, 0.2) is 11.0 Å². The van der Waals surface area contributed by atoms with Crippen LogP contribution >= 0.6 is 0 Å². The van der Waals surface area contributed by atoms with E-state index in [0.29, 0.717) is 0 Å². The van der Waals surface area contributed by atoms with Crippen LogP contribution in [0, 0.1) is 0 Å². The number of hydrogen-bond donors (Lipinski definition) is 1. The summed E-state index contributed by atoms with van der Waals surface area (Å²) in [6.07, 6.45) is 5.33. The Labute approximate surface area is 86.4 Å². The molecule has 0 amide bonds. The molecule has 1 aromatic heterocycles. The summed E-state index contributed by atoms with van der Waals surface area (Å²) in [5.74, 6) is -1.04. The standard InChI is InChI=1S/C10H12N2O3/c13-9(14)6-12-10(15)8-4-2-1-3-7(8)5-11-12/h5H,1-4,6H2,(H,13,14). The first-order valence-electron chi connectivity index (χ1n) is 4.98. The predicted molar refractivity (Wildman–Crippen MR) is 52.8 cm³/mol. The van der Waals surface area contributed by atoms with Crippen molar-refractivity contribution in [2.24, 2.45) is 0 Å². The number of nitrogens with zero attached hydrogens (tertiary/aromatic N) is 2. The van der Waals surface area contributed by atoms with Crippen molar-refractivity contribution in [1.29, 1.82) is 0 Å². The van der Waals surface area contributed by atoms with Gasteiger partial charge in [0.25, 0.3) is 5.56 Å². The third kappa shape index (κ3) is 1.91. The minimum atomic E-state index is -1.04. The van der Waals surface area contributed by atoms with Gasteiger partial charge in [-0.1, -0.05) is 0 Å². The molecule has 15 heavy (non-hydrogen) atoms. The van der Waals surface area contributed by atoms with E-state index in [2.05, 4.69) is 5.10 Å². The minimum Gasteiger partial charge on any atom is -0.480 e. The van der Waals surface area contributed by atoms with E-state index in [1.165, 1.54) is 0 Å². The van der Waals surface area contributed by atoms with Crippen molar-refractivity contribution in [2.45, 2.75) is 32.2 Å². The summed E-state index contributed by atoms with van der Waals surface area (Å²) in [6.45, 7) is -0.355. The molecule has 1 heterocycles. The lowest BCUT2D eigenvalue weighted by Gasteiger charge is -2.14. The van der Waals surface area contributed by atoms with Crippen LogP contribution < -0.4 is 5.56 Å². The van der Waals surface area contributed by atoms with Gasteiger partial charge in [0.15, 0.2) is 0 Å². The summed E-state index contributed by atoms with van der Waals surface area (Å²) in [5, 5.41) is 12.5. The second kappa shape index (κ2) is 3.84. The molecule has 1 aliphatic carbocycles. The minimum absolute atomic E-state index is 0.241. The second-order valence-corrected chi connectivity index (χ2v) is 3.71. The predicted octanol–water partition coefficient (Wildman–Crippen LogP) is 0.207. The van der Waals surface area contributed by atoms with Crippen LogP contribution in [-0.4, -0.2) is 20.9 Å². The molecule has 0 aromatic carbocycles. The highest BCUT2D eigenvalue weighted by Gasteiger charge is 2.15. The molecule has 1 aromatic rings. The summed E-state index contributed by atoms with van der Waals surface area (Å²) in [6, 6.07) is 0. The molecule has 80 valence electrons. The number of carboxylic acid groups (broad SMARTS) is 1. The van der Waals surface area contributed by atoms with Crippen LogP contribution in [0.4, 0.5) is 0 Å². The molecular weight excluding hydrogens is 196 g/mol. The number of rotatable bonds is 2. The van der Waals surface area contributed by atoms with Gasteiger partial charge in [-0.2, -0.15) is 5.10 Å². The molecule has 0 aliphatic heterocycles. The van der Waals surface area contributed by atoms with E-state index in [4.69, 9.17) is 5.11 Å². The molecule has 0 fully saturated rings. The maximum Gasteiger partial charge on any atom is 0.325 e. The first-order valence-corrected chi connectivity index (χ1v) is 4.98. The molecule has 0 atom stereocenters. The van der Waals surface area contributed by atoms with Crippen LogP contribution in [-0.2, 0) is 24.2 Å². The quantitative estimate of drug-likeness (QED) is 0.753. The Kier molecular flexibility index (Phi) is 2.53. The number of aromatic nitrogens is 2. The number of fused-ring (bicyclic) bond motifs is 1. The summed E-state index contributed by atoms with van der Waals surface area (Å²) < 4.78 is 1.02. The van der Waals surface area contributed by atoms with Crippen LogP contribution in [0.25, 0.3) is 0 Å².